The number of amides is 1. The summed E-state index contributed by atoms with van der Waals surface area (Å²) in [6, 6.07) is 3.55. The van der Waals surface area contributed by atoms with E-state index >= 15 is 0 Å². The maximum atomic E-state index is 11.9. The number of carboxylic acids is 1. The molecule has 2 heterocycles. The van der Waals surface area contributed by atoms with Gasteiger partial charge in [-0.2, -0.15) is 0 Å². The van der Waals surface area contributed by atoms with E-state index in [0.29, 0.717) is 5.75 Å². The number of thioether (sulfide) groups is 1. The molecule has 1 saturated heterocycles. The summed E-state index contributed by atoms with van der Waals surface area (Å²) in [6.45, 7) is 1.99. The molecule has 0 radical (unpaired) electrons. The molecule has 20 heavy (non-hydrogen) atoms. The van der Waals surface area contributed by atoms with Gasteiger partial charge in [0.15, 0.2) is 0 Å². The highest BCUT2D eigenvalue weighted by atomic mass is 32.2. The Morgan fingerprint density at radius 2 is 2.45 bits per heavy atom. The molecule has 1 aliphatic heterocycles. The average molecular weight is 315 g/mol. The highest BCUT2D eigenvalue weighted by Crippen LogP contribution is 2.28. The third-order valence-electron chi connectivity index (χ3n) is 3.34. The van der Waals surface area contributed by atoms with Crippen LogP contribution in [0.1, 0.15) is 11.8 Å². The predicted molar refractivity (Wildman–Crippen MR) is 79.0 cm³/mol. The van der Waals surface area contributed by atoms with E-state index in [-0.39, 0.29) is 19.1 Å². The Hall–Kier alpha value is -1.05. The van der Waals surface area contributed by atoms with Crippen LogP contribution in [0.2, 0.25) is 0 Å². The summed E-state index contributed by atoms with van der Waals surface area (Å²) >= 11 is 3.18. The van der Waals surface area contributed by atoms with E-state index in [2.05, 4.69) is 5.32 Å². The van der Waals surface area contributed by atoms with Crippen LogP contribution in [-0.4, -0.2) is 42.0 Å². The lowest BCUT2D eigenvalue weighted by Gasteiger charge is -2.25. The number of hydrogen-bond acceptors (Lipinski definition) is 5. The van der Waals surface area contributed by atoms with Crippen molar-refractivity contribution in [2.24, 2.45) is 5.41 Å². The Morgan fingerprint density at radius 1 is 1.65 bits per heavy atom. The van der Waals surface area contributed by atoms with Gasteiger partial charge in [-0.25, -0.2) is 0 Å². The second-order valence-corrected chi connectivity index (χ2v) is 6.95. The Morgan fingerprint density at radius 3 is 3.10 bits per heavy atom. The molecule has 2 rings (SSSR count). The molecule has 1 amide bonds. The number of ether oxygens (including phenoxy) is 1. The van der Waals surface area contributed by atoms with Crippen LogP contribution in [0, 0.1) is 5.41 Å². The highest BCUT2D eigenvalue weighted by Gasteiger charge is 2.47. The maximum Gasteiger partial charge on any atom is 0.313 e. The van der Waals surface area contributed by atoms with Gasteiger partial charge in [0.2, 0.25) is 5.91 Å². The molecule has 5 nitrogen and oxygen atoms in total. The molecule has 7 heteroatoms. The zero-order valence-electron chi connectivity index (χ0n) is 11.1. The molecular weight excluding hydrogens is 298 g/mol. The average Bonchev–Trinajstić information content (AvgIpc) is 3.01. The fourth-order valence-corrected chi connectivity index (χ4v) is 3.64. The van der Waals surface area contributed by atoms with Gasteiger partial charge in [-0.05, 0) is 18.4 Å². The molecule has 0 aliphatic carbocycles. The first-order chi connectivity index (χ1) is 9.52. The maximum absolute atomic E-state index is 11.9. The van der Waals surface area contributed by atoms with Gasteiger partial charge in [-0.15, -0.1) is 23.1 Å². The minimum Gasteiger partial charge on any atom is -0.481 e. The molecule has 1 aliphatic rings. The molecule has 2 atom stereocenters. The van der Waals surface area contributed by atoms with Crippen molar-refractivity contribution < 1.29 is 19.4 Å². The quantitative estimate of drug-likeness (QED) is 0.834. The zero-order chi connectivity index (χ0) is 14.6. The highest BCUT2D eigenvalue weighted by molar-refractivity contribution is 7.99. The van der Waals surface area contributed by atoms with Crippen molar-refractivity contribution in [2.75, 3.05) is 19.0 Å². The summed E-state index contributed by atoms with van der Waals surface area (Å²) in [6.07, 6.45) is 0. The van der Waals surface area contributed by atoms with E-state index in [1.54, 1.807) is 18.3 Å². The molecule has 2 N–H and O–H groups in total. The lowest BCUT2D eigenvalue weighted by molar-refractivity contribution is -0.148. The van der Waals surface area contributed by atoms with Gasteiger partial charge in [-0.3, -0.25) is 9.59 Å². The van der Waals surface area contributed by atoms with E-state index in [1.807, 2.05) is 17.5 Å². The van der Waals surface area contributed by atoms with E-state index in [4.69, 9.17) is 4.74 Å². The molecule has 1 fully saturated rings. The van der Waals surface area contributed by atoms with Gasteiger partial charge in [0.25, 0.3) is 0 Å². The number of aliphatic carboxylic acids is 1. The van der Waals surface area contributed by atoms with Crippen LogP contribution in [0.25, 0.3) is 0 Å². The Balaban J connectivity index is 1.78. The van der Waals surface area contributed by atoms with Crippen LogP contribution in [-0.2, 0) is 20.1 Å². The second-order valence-electron chi connectivity index (χ2n) is 4.93. The van der Waals surface area contributed by atoms with Crippen molar-refractivity contribution in [3.05, 3.63) is 22.4 Å². The van der Waals surface area contributed by atoms with Crippen LogP contribution in [0.15, 0.2) is 17.5 Å². The first kappa shape index (κ1) is 15.3. The van der Waals surface area contributed by atoms with Gasteiger partial charge in [0, 0.05) is 10.6 Å². The molecule has 1 aromatic heterocycles. The van der Waals surface area contributed by atoms with E-state index < -0.39 is 17.4 Å². The largest absolute Gasteiger partial charge is 0.481 e. The first-order valence-corrected chi connectivity index (χ1v) is 8.26. The number of nitrogens with one attached hydrogen (secondary N) is 1. The molecule has 110 valence electrons. The van der Waals surface area contributed by atoms with Crippen LogP contribution in [0.5, 0.6) is 0 Å². The van der Waals surface area contributed by atoms with Gasteiger partial charge in [-0.1, -0.05) is 6.07 Å². The van der Waals surface area contributed by atoms with Crippen molar-refractivity contribution in [2.45, 2.75) is 18.7 Å². The number of hydrogen-bond donors (Lipinski definition) is 2. The number of carbonyl (C=O) groups excluding carboxylic acids is 1. The van der Waals surface area contributed by atoms with Gasteiger partial charge in [0.1, 0.15) is 5.41 Å². The van der Waals surface area contributed by atoms with Crippen LogP contribution < -0.4 is 5.32 Å². The van der Waals surface area contributed by atoms with Crippen LogP contribution in [0.4, 0.5) is 0 Å². The Bertz CT molecular complexity index is 477. The van der Waals surface area contributed by atoms with E-state index in [0.717, 1.165) is 5.75 Å². The Labute approximate surface area is 125 Å². The monoisotopic (exact) mass is 315 g/mol. The molecule has 0 bridgehead atoms. The standard InChI is InChI=1S/C13H17NO4S2/c1-13(12(16)17)8-18-5-10(13)14-11(15)7-19-6-9-3-2-4-20-9/h2-4,10H,5-8H2,1H3,(H,14,15)(H,16,17). The van der Waals surface area contributed by atoms with Gasteiger partial charge in [0.05, 0.1) is 25.0 Å². The fraction of sp³-hybridized carbons (Fsp3) is 0.538. The number of carbonyl (C=O) groups is 2. The lowest BCUT2D eigenvalue weighted by Crippen LogP contribution is -2.50. The molecule has 0 spiro atoms. The third-order valence-corrected chi connectivity index (χ3v) is 5.38. The van der Waals surface area contributed by atoms with Crippen LogP contribution >= 0.6 is 23.1 Å². The van der Waals surface area contributed by atoms with Gasteiger partial charge >= 0.3 is 5.97 Å². The predicted octanol–water partition coefficient (Wildman–Crippen LogP) is 1.59. The normalized spacial score (nSPS) is 25.6. The zero-order valence-corrected chi connectivity index (χ0v) is 12.8. The first-order valence-electron chi connectivity index (χ1n) is 6.23. The molecule has 0 aromatic carbocycles. The second kappa shape index (κ2) is 6.60. The lowest BCUT2D eigenvalue weighted by atomic mass is 9.85. The summed E-state index contributed by atoms with van der Waals surface area (Å²) in [5.41, 5.74) is -1.03. The summed E-state index contributed by atoms with van der Waals surface area (Å²) in [7, 11) is 0. The van der Waals surface area contributed by atoms with Crippen molar-refractivity contribution in [1.29, 1.82) is 0 Å². The minimum atomic E-state index is -1.03. The summed E-state index contributed by atoms with van der Waals surface area (Å²) in [4.78, 5) is 24.3. The van der Waals surface area contributed by atoms with Gasteiger partial charge < -0.3 is 15.2 Å². The number of carboxylic acid groups (broad SMARTS) is 1. The third kappa shape index (κ3) is 3.53. The topological polar surface area (TPSA) is 75.6 Å². The van der Waals surface area contributed by atoms with Crippen molar-refractivity contribution in [3.63, 3.8) is 0 Å². The molecule has 2 unspecified atom stereocenters. The number of thiophene rings is 1. The summed E-state index contributed by atoms with van der Waals surface area (Å²) < 4.78 is 5.20. The fourth-order valence-electron chi connectivity index (χ4n) is 1.96. The molecule has 0 saturated carbocycles. The smallest absolute Gasteiger partial charge is 0.313 e. The van der Waals surface area contributed by atoms with Crippen molar-refractivity contribution >= 4 is 35.0 Å². The minimum absolute atomic E-state index is 0.135. The van der Waals surface area contributed by atoms with E-state index in [9.17, 15) is 14.7 Å². The summed E-state index contributed by atoms with van der Waals surface area (Å²) in [5.74, 6) is 0.0353. The van der Waals surface area contributed by atoms with Crippen LogP contribution in [0.3, 0.4) is 0 Å². The molecular formula is C13H17NO4S2. The Kier molecular flexibility index (Phi) is 5.06. The number of rotatable bonds is 6. The van der Waals surface area contributed by atoms with E-state index in [1.165, 1.54) is 16.6 Å². The SMILES string of the molecule is CC1(C(=O)O)COCC1NC(=O)CSCc1cccs1. The summed E-state index contributed by atoms with van der Waals surface area (Å²) in [5, 5.41) is 14.0. The van der Waals surface area contributed by atoms with Crippen molar-refractivity contribution in [3.8, 4) is 0 Å². The van der Waals surface area contributed by atoms with Crippen molar-refractivity contribution in [1.82, 2.24) is 5.32 Å². The molecule has 1 aromatic rings.